The standard InChI is InChI=1S/C14H18FN3OS/c1-9(2)7-16-12(19)8-18(3)14-17-13-10(15)5-4-6-11(13)20-14/h4-6,9H,7-8H2,1-3H3,(H,16,19). The van der Waals surface area contributed by atoms with Crippen molar-refractivity contribution in [1.29, 1.82) is 0 Å². The normalized spacial score (nSPS) is 11.1. The van der Waals surface area contributed by atoms with Crippen LogP contribution >= 0.6 is 11.3 Å². The SMILES string of the molecule is CC(C)CNC(=O)CN(C)c1nc2c(F)cccc2s1. The van der Waals surface area contributed by atoms with Gasteiger partial charge in [-0.2, -0.15) is 0 Å². The number of amides is 1. The van der Waals surface area contributed by atoms with Gasteiger partial charge in [0.2, 0.25) is 5.91 Å². The summed E-state index contributed by atoms with van der Waals surface area (Å²) in [4.78, 5) is 17.7. The minimum absolute atomic E-state index is 0.0547. The van der Waals surface area contributed by atoms with E-state index in [4.69, 9.17) is 0 Å². The molecule has 0 bridgehead atoms. The van der Waals surface area contributed by atoms with Crippen molar-refractivity contribution in [2.24, 2.45) is 5.92 Å². The van der Waals surface area contributed by atoms with Crippen molar-refractivity contribution in [2.75, 3.05) is 25.0 Å². The topological polar surface area (TPSA) is 45.2 Å². The molecule has 1 aromatic carbocycles. The Morgan fingerprint density at radius 2 is 2.25 bits per heavy atom. The first-order valence-corrected chi connectivity index (χ1v) is 7.32. The van der Waals surface area contributed by atoms with E-state index in [9.17, 15) is 9.18 Å². The molecule has 0 saturated heterocycles. The Balaban J connectivity index is 2.06. The molecular formula is C14H18FN3OS. The Labute approximate surface area is 121 Å². The van der Waals surface area contributed by atoms with E-state index in [1.807, 2.05) is 19.9 Å². The summed E-state index contributed by atoms with van der Waals surface area (Å²) in [6, 6.07) is 4.88. The number of fused-ring (bicyclic) bond motifs is 1. The van der Waals surface area contributed by atoms with Crippen LogP contribution in [0.4, 0.5) is 9.52 Å². The molecule has 1 aromatic heterocycles. The monoisotopic (exact) mass is 295 g/mol. The maximum atomic E-state index is 13.6. The summed E-state index contributed by atoms with van der Waals surface area (Å²) in [5, 5.41) is 3.49. The van der Waals surface area contributed by atoms with Crippen molar-refractivity contribution >= 4 is 32.6 Å². The van der Waals surface area contributed by atoms with Gasteiger partial charge in [-0.1, -0.05) is 31.3 Å². The first-order chi connectivity index (χ1) is 9.47. The fourth-order valence-corrected chi connectivity index (χ4v) is 2.66. The molecule has 0 saturated carbocycles. The molecule has 1 heterocycles. The van der Waals surface area contributed by atoms with Crippen molar-refractivity contribution in [1.82, 2.24) is 10.3 Å². The highest BCUT2D eigenvalue weighted by Crippen LogP contribution is 2.29. The van der Waals surface area contributed by atoms with Crippen LogP contribution in [0.2, 0.25) is 0 Å². The lowest BCUT2D eigenvalue weighted by molar-refractivity contribution is -0.119. The van der Waals surface area contributed by atoms with E-state index in [0.717, 1.165) is 4.70 Å². The molecule has 2 rings (SSSR count). The number of carbonyl (C=O) groups excluding carboxylic acids is 1. The quantitative estimate of drug-likeness (QED) is 0.922. The predicted octanol–water partition coefficient (Wildman–Crippen LogP) is 2.64. The van der Waals surface area contributed by atoms with Crippen LogP contribution in [0.25, 0.3) is 10.2 Å². The molecule has 0 aliphatic heterocycles. The number of carbonyl (C=O) groups is 1. The maximum Gasteiger partial charge on any atom is 0.239 e. The van der Waals surface area contributed by atoms with Gasteiger partial charge in [0.25, 0.3) is 0 Å². The van der Waals surface area contributed by atoms with Gasteiger partial charge in [0, 0.05) is 13.6 Å². The third-order valence-electron chi connectivity index (χ3n) is 2.77. The first kappa shape index (κ1) is 14.7. The predicted molar refractivity (Wildman–Crippen MR) is 80.7 cm³/mol. The highest BCUT2D eigenvalue weighted by atomic mass is 32.1. The number of thiazole rings is 1. The van der Waals surface area contributed by atoms with Crippen LogP contribution in [0.5, 0.6) is 0 Å². The fourth-order valence-electron chi connectivity index (χ4n) is 1.72. The summed E-state index contributed by atoms with van der Waals surface area (Å²) in [7, 11) is 1.78. The van der Waals surface area contributed by atoms with Gasteiger partial charge >= 0.3 is 0 Å². The van der Waals surface area contributed by atoms with E-state index >= 15 is 0 Å². The van der Waals surface area contributed by atoms with Gasteiger partial charge in [-0.15, -0.1) is 0 Å². The summed E-state index contributed by atoms with van der Waals surface area (Å²) in [6.07, 6.45) is 0. The fraction of sp³-hybridized carbons (Fsp3) is 0.429. The molecule has 2 aromatic rings. The number of para-hydroxylation sites is 1. The molecule has 6 heteroatoms. The molecule has 0 atom stereocenters. The van der Waals surface area contributed by atoms with Gasteiger partial charge in [-0.3, -0.25) is 4.79 Å². The molecule has 1 amide bonds. The molecule has 0 aliphatic rings. The highest BCUT2D eigenvalue weighted by Gasteiger charge is 2.13. The average Bonchev–Trinajstić information content (AvgIpc) is 2.82. The zero-order valence-electron chi connectivity index (χ0n) is 11.8. The van der Waals surface area contributed by atoms with E-state index in [-0.39, 0.29) is 18.3 Å². The zero-order valence-corrected chi connectivity index (χ0v) is 12.6. The number of hydrogen-bond acceptors (Lipinski definition) is 4. The lowest BCUT2D eigenvalue weighted by atomic mass is 10.2. The number of likely N-dealkylation sites (N-methyl/N-ethyl adjacent to an activating group) is 1. The minimum atomic E-state index is -0.331. The van der Waals surface area contributed by atoms with Crippen molar-refractivity contribution in [3.63, 3.8) is 0 Å². The summed E-state index contributed by atoms with van der Waals surface area (Å²) < 4.78 is 14.4. The van der Waals surface area contributed by atoms with E-state index in [1.165, 1.54) is 17.4 Å². The Morgan fingerprint density at radius 3 is 2.90 bits per heavy atom. The van der Waals surface area contributed by atoms with Crippen molar-refractivity contribution in [2.45, 2.75) is 13.8 Å². The third-order valence-corrected chi connectivity index (χ3v) is 3.91. The number of halogens is 1. The van der Waals surface area contributed by atoms with Crippen LogP contribution in [0.15, 0.2) is 18.2 Å². The summed E-state index contributed by atoms with van der Waals surface area (Å²) in [6.45, 7) is 4.95. The molecule has 0 spiro atoms. The largest absolute Gasteiger partial charge is 0.354 e. The van der Waals surface area contributed by atoms with E-state index in [2.05, 4.69) is 10.3 Å². The zero-order chi connectivity index (χ0) is 14.7. The number of aromatic nitrogens is 1. The molecular weight excluding hydrogens is 277 g/mol. The summed E-state index contributed by atoms with van der Waals surface area (Å²) in [5.74, 6) is 0.0318. The molecule has 0 aliphatic carbocycles. The molecule has 4 nitrogen and oxygen atoms in total. The van der Waals surface area contributed by atoms with Crippen molar-refractivity contribution < 1.29 is 9.18 Å². The van der Waals surface area contributed by atoms with Crippen LogP contribution in [-0.4, -0.2) is 31.0 Å². The van der Waals surface area contributed by atoms with Crippen LogP contribution in [0, 0.1) is 11.7 Å². The molecule has 20 heavy (non-hydrogen) atoms. The van der Waals surface area contributed by atoms with E-state index in [1.54, 1.807) is 18.0 Å². The third kappa shape index (κ3) is 3.45. The second kappa shape index (κ2) is 6.17. The number of hydrogen-bond donors (Lipinski definition) is 1. The maximum absolute atomic E-state index is 13.6. The lowest BCUT2D eigenvalue weighted by Gasteiger charge is -2.15. The van der Waals surface area contributed by atoms with Crippen LogP contribution < -0.4 is 10.2 Å². The summed E-state index contributed by atoms with van der Waals surface area (Å²) in [5.41, 5.74) is 0.363. The molecule has 0 radical (unpaired) electrons. The Hall–Kier alpha value is -1.69. The van der Waals surface area contributed by atoms with Gasteiger partial charge in [0.05, 0.1) is 11.2 Å². The number of benzene rings is 1. The Kier molecular flexibility index (Phi) is 4.54. The van der Waals surface area contributed by atoms with Crippen molar-refractivity contribution in [3.8, 4) is 0 Å². The number of anilines is 1. The Morgan fingerprint density at radius 1 is 1.50 bits per heavy atom. The lowest BCUT2D eigenvalue weighted by Crippen LogP contribution is -2.36. The van der Waals surface area contributed by atoms with E-state index in [0.29, 0.717) is 23.1 Å². The molecule has 0 fully saturated rings. The van der Waals surface area contributed by atoms with Crippen molar-refractivity contribution in [3.05, 3.63) is 24.0 Å². The van der Waals surface area contributed by atoms with Gasteiger partial charge in [0.1, 0.15) is 11.3 Å². The first-order valence-electron chi connectivity index (χ1n) is 6.50. The minimum Gasteiger partial charge on any atom is -0.354 e. The van der Waals surface area contributed by atoms with Crippen LogP contribution in [-0.2, 0) is 4.79 Å². The van der Waals surface area contributed by atoms with Gasteiger partial charge < -0.3 is 10.2 Å². The number of nitrogens with one attached hydrogen (secondary N) is 1. The van der Waals surface area contributed by atoms with Gasteiger partial charge in [-0.05, 0) is 18.1 Å². The van der Waals surface area contributed by atoms with Crippen LogP contribution in [0.1, 0.15) is 13.8 Å². The highest BCUT2D eigenvalue weighted by molar-refractivity contribution is 7.22. The molecule has 1 N–H and O–H groups in total. The van der Waals surface area contributed by atoms with Gasteiger partial charge in [-0.25, -0.2) is 9.37 Å². The number of nitrogens with zero attached hydrogens (tertiary/aromatic N) is 2. The van der Waals surface area contributed by atoms with Gasteiger partial charge in [0.15, 0.2) is 5.13 Å². The van der Waals surface area contributed by atoms with Crippen LogP contribution in [0.3, 0.4) is 0 Å². The van der Waals surface area contributed by atoms with E-state index < -0.39 is 0 Å². The second-order valence-electron chi connectivity index (χ2n) is 5.14. The summed E-state index contributed by atoms with van der Waals surface area (Å²) >= 11 is 1.38. The Bertz CT molecular complexity index is 611. The smallest absolute Gasteiger partial charge is 0.239 e. The second-order valence-corrected chi connectivity index (χ2v) is 6.15. The number of rotatable bonds is 5. The molecule has 0 unspecified atom stereocenters. The average molecular weight is 295 g/mol. The molecule has 108 valence electrons.